The third kappa shape index (κ3) is 10.7. The molecule has 3 heteroatoms. The standard InChI is InChI=1S/C3H9O2P.CH4/c1-5-6(2,3)4;/h1-3H3;1H4. The second-order valence-electron chi connectivity index (χ2n) is 1.43. The predicted octanol–water partition coefficient (Wildman–Crippen LogP) is 1.81. The Bertz CT molecular complexity index is 73.8. The van der Waals surface area contributed by atoms with Crippen molar-refractivity contribution in [2.24, 2.45) is 0 Å². The number of hydrogen-bond acceptors (Lipinski definition) is 2. The van der Waals surface area contributed by atoms with Crippen molar-refractivity contribution in [3.05, 3.63) is 0 Å². The van der Waals surface area contributed by atoms with Crippen LogP contribution in [-0.4, -0.2) is 20.4 Å². The maximum atomic E-state index is 10.4. The van der Waals surface area contributed by atoms with Gasteiger partial charge in [0.2, 0.25) is 0 Å². The Labute approximate surface area is 45.3 Å². The molecule has 0 radical (unpaired) electrons. The van der Waals surface area contributed by atoms with Gasteiger partial charge in [0.25, 0.3) is 0 Å². The summed E-state index contributed by atoms with van der Waals surface area (Å²) in [6.07, 6.45) is 0. The van der Waals surface area contributed by atoms with E-state index in [4.69, 9.17) is 0 Å². The highest BCUT2D eigenvalue weighted by molar-refractivity contribution is 7.57. The lowest BCUT2D eigenvalue weighted by Crippen LogP contribution is -1.74. The van der Waals surface area contributed by atoms with Crippen molar-refractivity contribution in [2.75, 3.05) is 20.4 Å². The molecule has 0 saturated heterocycles. The van der Waals surface area contributed by atoms with E-state index in [9.17, 15) is 4.57 Å². The van der Waals surface area contributed by atoms with Gasteiger partial charge in [0.15, 0.2) is 7.37 Å². The van der Waals surface area contributed by atoms with Crippen LogP contribution in [-0.2, 0) is 9.09 Å². The fourth-order valence-electron chi connectivity index (χ4n) is 0. The maximum absolute atomic E-state index is 10.4. The summed E-state index contributed by atoms with van der Waals surface area (Å²) in [4.78, 5) is 0. The molecule has 2 nitrogen and oxygen atoms in total. The van der Waals surface area contributed by atoms with Crippen LogP contribution >= 0.6 is 7.37 Å². The lowest BCUT2D eigenvalue weighted by molar-refractivity contribution is 0.404. The van der Waals surface area contributed by atoms with Gasteiger partial charge in [-0.1, -0.05) is 7.43 Å². The molecule has 0 fully saturated rings. The van der Waals surface area contributed by atoms with Gasteiger partial charge >= 0.3 is 0 Å². The van der Waals surface area contributed by atoms with Crippen molar-refractivity contribution >= 4 is 7.37 Å². The minimum Gasteiger partial charge on any atom is -0.332 e. The molecule has 46 valence electrons. The smallest absolute Gasteiger partial charge is 0.196 e. The van der Waals surface area contributed by atoms with Gasteiger partial charge in [0, 0.05) is 20.4 Å². The lowest BCUT2D eigenvalue weighted by Gasteiger charge is -1.98. The van der Waals surface area contributed by atoms with Gasteiger partial charge in [-0.25, -0.2) is 0 Å². The molecule has 0 saturated carbocycles. The van der Waals surface area contributed by atoms with Crippen molar-refractivity contribution < 1.29 is 9.09 Å². The monoisotopic (exact) mass is 124 g/mol. The molecule has 0 aliphatic rings. The molecule has 0 N–H and O–H groups in total. The van der Waals surface area contributed by atoms with Crippen LogP contribution in [0.25, 0.3) is 0 Å². The summed E-state index contributed by atoms with van der Waals surface area (Å²) in [6.45, 7) is 3.15. The first-order valence-electron chi connectivity index (χ1n) is 1.67. The molecular formula is C4H13O2P. The largest absolute Gasteiger partial charge is 0.332 e. The van der Waals surface area contributed by atoms with Gasteiger partial charge in [0.1, 0.15) is 0 Å². The van der Waals surface area contributed by atoms with Crippen LogP contribution in [0.5, 0.6) is 0 Å². The van der Waals surface area contributed by atoms with Crippen molar-refractivity contribution in [3.8, 4) is 0 Å². The topological polar surface area (TPSA) is 26.3 Å². The first kappa shape index (κ1) is 10.2. The maximum Gasteiger partial charge on any atom is 0.196 e. The fourth-order valence-corrected chi connectivity index (χ4v) is 0. The van der Waals surface area contributed by atoms with Gasteiger partial charge in [-0.3, -0.25) is 4.57 Å². The Morgan fingerprint density at radius 2 is 1.57 bits per heavy atom. The molecule has 0 spiro atoms. The van der Waals surface area contributed by atoms with E-state index in [1.54, 1.807) is 13.3 Å². The highest BCUT2D eigenvalue weighted by Crippen LogP contribution is 2.35. The predicted molar refractivity (Wildman–Crippen MR) is 33.2 cm³/mol. The van der Waals surface area contributed by atoms with E-state index in [1.807, 2.05) is 0 Å². The first-order valence-corrected chi connectivity index (χ1v) is 4.19. The molecule has 0 rings (SSSR count). The van der Waals surface area contributed by atoms with E-state index in [0.29, 0.717) is 0 Å². The number of hydrogen-bond donors (Lipinski definition) is 0. The van der Waals surface area contributed by atoms with Gasteiger partial charge in [-0.2, -0.15) is 0 Å². The lowest BCUT2D eigenvalue weighted by atomic mass is 11.8. The van der Waals surface area contributed by atoms with Crippen LogP contribution in [0.3, 0.4) is 0 Å². The van der Waals surface area contributed by atoms with Crippen molar-refractivity contribution in [3.63, 3.8) is 0 Å². The summed E-state index contributed by atoms with van der Waals surface area (Å²) >= 11 is 0. The molecular weight excluding hydrogens is 111 g/mol. The highest BCUT2D eigenvalue weighted by atomic mass is 31.2. The third-order valence-corrected chi connectivity index (χ3v) is 1.32. The van der Waals surface area contributed by atoms with Crippen molar-refractivity contribution in [1.82, 2.24) is 0 Å². The Kier molecular flexibility index (Phi) is 4.71. The SMILES string of the molecule is C.COP(C)(C)=O. The molecule has 0 unspecified atom stereocenters. The van der Waals surface area contributed by atoms with Gasteiger partial charge < -0.3 is 4.52 Å². The zero-order valence-electron chi connectivity index (χ0n) is 4.26. The fraction of sp³-hybridized carbons (Fsp3) is 1.00. The van der Waals surface area contributed by atoms with E-state index in [1.165, 1.54) is 7.11 Å². The van der Waals surface area contributed by atoms with E-state index in [2.05, 4.69) is 4.52 Å². The van der Waals surface area contributed by atoms with E-state index in [-0.39, 0.29) is 7.43 Å². The Hall–Kier alpha value is 0.190. The van der Waals surface area contributed by atoms with Crippen LogP contribution in [0.15, 0.2) is 0 Å². The molecule has 0 aromatic carbocycles. The quantitative estimate of drug-likeness (QED) is 0.498. The Morgan fingerprint density at radius 1 is 1.43 bits per heavy atom. The molecule has 7 heavy (non-hydrogen) atoms. The minimum absolute atomic E-state index is 0. The summed E-state index contributed by atoms with van der Waals surface area (Å²) < 4.78 is 14.9. The van der Waals surface area contributed by atoms with E-state index in [0.717, 1.165) is 0 Å². The molecule has 0 aliphatic carbocycles. The molecule has 0 aromatic rings. The third-order valence-electron chi connectivity index (χ3n) is 0.440. The molecule has 0 heterocycles. The highest BCUT2D eigenvalue weighted by Gasteiger charge is 1.99. The van der Waals surface area contributed by atoms with Gasteiger partial charge in [0.05, 0.1) is 0 Å². The second-order valence-corrected chi connectivity index (χ2v) is 4.30. The second kappa shape index (κ2) is 3.23. The van der Waals surface area contributed by atoms with Crippen LogP contribution < -0.4 is 0 Å². The average Bonchev–Trinajstić information content (AvgIpc) is 1.35. The number of rotatable bonds is 1. The normalized spacial score (nSPS) is 10.1. The van der Waals surface area contributed by atoms with Gasteiger partial charge in [-0.05, 0) is 0 Å². The molecule has 0 aliphatic heterocycles. The Balaban J connectivity index is 0. The summed E-state index contributed by atoms with van der Waals surface area (Å²) in [5, 5.41) is 0. The molecule has 0 amide bonds. The minimum atomic E-state index is -2.15. The summed E-state index contributed by atoms with van der Waals surface area (Å²) in [7, 11) is -0.701. The van der Waals surface area contributed by atoms with Crippen LogP contribution in [0, 0.1) is 0 Å². The average molecular weight is 124 g/mol. The van der Waals surface area contributed by atoms with Crippen LogP contribution in [0.1, 0.15) is 7.43 Å². The van der Waals surface area contributed by atoms with E-state index < -0.39 is 7.37 Å². The van der Waals surface area contributed by atoms with E-state index >= 15 is 0 Å². The summed E-state index contributed by atoms with van der Waals surface area (Å²) in [5.74, 6) is 0. The summed E-state index contributed by atoms with van der Waals surface area (Å²) in [6, 6.07) is 0. The van der Waals surface area contributed by atoms with Crippen molar-refractivity contribution in [1.29, 1.82) is 0 Å². The zero-order chi connectivity index (χ0) is 5.21. The van der Waals surface area contributed by atoms with Gasteiger partial charge in [-0.15, -0.1) is 0 Å². The molecule has 0 atom stereocenters. The Morgan fingerprint density at radius 3 is 1.57 bits per heavy atom. The summed E-state index contributed by atoms with van der Waals surface area (Å²) in [5.41, 5.74) is 0. The van der Waals surface area contributed by atoms with Crippen molar-refractivity contribution in [2.45, 2.75) is 7.43 Å². The zero-order valence-corrected chi connectivity index (χ0v) is 5.16. The molecule has 0 aromatic heterocycles. The van der Waals surface area contributed by atoms with Crippen LogP contribution in [0.2, 0.25) is 0 Å². The van der Waals surface area contributed by atoms with Crippen LogP contribution in [0.4, 0.5) is 0 Å². The first-order chi connectivity index (χ1) is 2.56. The molecule has 0 bridgehead atoms.